The van der Waals surface area contributed by atoms with Gasteiger partial charge in [-0.3, -0.25) is 19.3 Å². The largest absolute Gasteiger partial charge is 0.433 e. The van der Waals surface area contributed by atoms with E-state index >= 15 is 0 Å². The average molecular weight is 426 g/mol. The Morgan fingerprint density at radius 1 is 1.40 bits per heavy atom. The number of morpholine rings is 1. The van der Waals surface area contributed by atoms with Gasteiger partial charge >= 0.3 is 6.61 Å². The van der Waals surface area contributed by atoms with Crippen LogP contribution in [0.1, 0.15) is 12.8 Å². The number of likely N-dealkylation sites (N-methyl/N-ethyl adjacent to an activating group) is 1. The van der Waals surface area contributed by atoms with Gasteiger partial charge in [0.2, 0.25) is 5.91 Å². The first-order valence-electron chi connectivity index (χ1n) is 9.53. The Balaban J connectivity index is 1.81. The monoisotopic (exact) mass is 426 g/mol. The lowest BCUT2D eigenvalue weighted by Gasteiger charge is -2.28. The summed E-state index contributed by atoms with van der Waals surface area (Å²) in [5.74, 6) is -1.84. The van der Waals surface area contributed by atoms with Gasteiger partial charge in [0.15, 0.2) is 11.8 Å². The molecule has 164 valence electrons. The zero-order chi connectivity index (χ0) is 21.8. The molecule has 0 radical (unpaired) electrons. The summed E-state index contributed by atoms with van der Waals surface area (Å²) >= 11 is 0. The van der Waals surface area contributed by atoms with Crippen LogP contribution in [0.5, 0.6) is 5.75 Å². The van der Waals surface area contributed by atoms with Gasteiger partial charge in [-0.2, -0.15) is 8.78 Å². The second-order valence-corrected chi connectivity index (χ2v) is 7.33. The average Bonchev–Trinajstić information content (AvgIpc) is 3.47. The number of carbonyl (C=O) groups excluding carboxylic acids is 3. The van der Waals surface area contributed by atoms with Crippen LogP contribution < -0.4 is 20.7 Å². The molecular formula is C19H24F2N4O5. The van der Waals surface area contributed by atoms with Crippen molar-refractivity contribution in [2.75, 3.05) is 43.6 Å². The molecule has 2 fully saturated rings. The molecule has 3 rings (SSSR count). The lowest BCUT2D eigenvalue weighted by atomic mass is 10.2. The molecule has 0 spiro atoms. The molecule has 1 saturated heterocycles. The summed E-state index contributed by atoms with van der Waals surface area (Å²) in [5.41, 5.74) is 5.66. The molecule has 1 saturated carbocycles. The number of halogens is 2. The number of ether oxygens (including phenoxy) is 2. The van der Waals surface area contributed by atoms with Crippen LogP contribution in [0, 0.1) is 5.92 Å². The summed E-state index contributed by atoms with van der Waals surface area (Å²) in [7, 11) is 1.61. The number of carbonyl (C=O) groups is 3. The van der Waals surface area contributed by atoms with Crippen LogP contribution in [0.4, 0.5) is 20.2 Å². The Morgan fingerprint density at radius 2 is 2.13 bits per heavy atom. The molecule has 0 aromatic heterocycles. The van der Waals surface area contributed by atoms with Gasteiger partial charge in [-0.25, -0.2) is 0 Å². The van der Waals surface area contributed by atoms with Gasteiger partial charge < -0.3 is 25.4 Å². The number of nitrogens with two attached hydrogens (primary N) is 1. The fourth-order valence-electron chi connectivity index (χ4n) is 3.33. The lowest BCUT2D eigenvalue weighted by molar-refractivity contribution is -0.132. The van der Waals surface area contributed by atoms with Gasteiger partial charge in [-0.1, -0.05) is 0 Å². The molecule has 11 heteroatoms. The summed E-state index contributed by atoms with van der Waals surface area (Å²) in [6.07, 6.45) is 2.04. The highest BCUT2D eigenvalue weighted by Gasteiger charge is 2.33. The number of primary amides is 1. The highest BCUT2D eigenvalue weighted by Crippen LogP contribution is 2.33. The van der Waals surface area contributed by atoms with Crippen LogP contribution in [0.15, 0.2) is 18.2 Å². The summed E-state index contributed by atoms with van der Waals surface area (Å²) in [6.45, 7) is -2.17. The molecule has 30 heavy (non-hydrogen) atoms. The predicted octanol–water partition coefficient (Wildman–Crippen LogP) is 0.785. The third kappa shape index (κ3) is 5.42. The van der Waals surface area contributed by atoms with Crippen molar-refractivity contribution in [3.8, 4) is 5.75 Å². The van der Waals surface area contributed by atoms with Gasteiger partial charge in [0.1, 0.15) is 6.61 Å². The van der Waals surface area contributed by atoms with Crippen LogP contribution in [0.25, 0.3) is 0 Å². The number of anilines is 2. The number of hydrogen-bond acceptors (Lipinski definition) is 6. The van der Waals surface area contributed by atoms with Gasteiger partial charge in [-0.05, 0) is 37.9 Å². The minimum atomic E-state index is -3.15. The number of hydrogen-bond donors (Lipinski definition) is 2. The minimum Gasteiger partial charge on any atom is -0.433 e. The van der Waals surface area contributed by atoms with Crippen molar-refractivity contribution in [3.05, 3.63) is 18.2 Å². The summed E-state index contributed by atoms with van der Waals surface area (Å²) in [5, 5.41) is 2.45. The first-order chi connectivity index (χ1) is 14.3. The summed E-state index contributed by atoms with van der Waals surface area (Å²) in [4.78, 5) is 39.5. The molecule has 9 nitrogen and oxygen atoms in total. The standard InChI is InChI=1S/C19H24F2N4O5/c1-24(9-11-2-3-11)16(17(22)27)18(28)23-13-5-4-12(8-14(13)30-19(20)21)25-6-7-29-10-15(25)26/h4-5,8,11,16,19H,2-3,6-7,9-10H2,1H3,(H2,22,27)(H,23,28)/t16-/m1/s1. The first kappa shape index (κ1) is 21.9. The zero-order valence-corrected chi connectivity index (χ0v) is 16.5. The second kappa shape index (κ2) is 9.35. The van der Waals surface area contributed by atoms with Gasteiger partial charge in [-0.15, -0.1) is 0 Å². The molecule has 1 atom stereocenters. The first-order valence-corrected chi connectivity index (χ1v) is 9.53. The van der Waals surface area contributed by atoms with E-state index in [1.807, 2.05) is 0 Å². The Bertz CT molecular complexity index is 818. The van der Waals surface area contributed by atoms with Crippen LogP contribution in [-0.4, -0.2) is 68.6 Å². The SMILES string of the molecule is CN(CC1CC1)[C@H](C(N)=O)C(=O)Nc1ccc(N2CCOCC2=O)cc1OC(F)F. The van der Waals surface area contributed by atoms with Crippen molar-refractivity contribution in [1.29, 1.82) is 0 Å². The molecule has 1 aromatic carbocycles. The fraction of sp³-hybridized carbons (Fsp3) is 0.526. The van der Waals surface area contributed by atoms with E-state index in [0.29, 0.717) is 24.8 Å². The Kier molecular flexibility index (Phi) is 6.83. The number of amides is 3. The minimum absolute atomic E-state index is 0.0594. The molecular weight excluding hydrogens is 402 g/mol. The molecule has 3 amide bonds. The Hall–Kier alpha value is -2.79. The van der Waals surface area contributed by atoms with E-state index in [-0.39, 0.29) is 30.5 Å². The van der Waals surface area contributed by atoms with Crippen molar-refractivity contribution in [2.24, 2.45) is 11.7 Å². The Labute approximate surface area is 172 Å². The molecule has 0 unspecified atom stereocenters. The van der Waals surface area contributed by atoms with E-state index in [1.54, 1.807) is 11.9 Å². The maximum absolute atomic E-state index is 12.9. The summed E-state index contributed by atoms with van der Waals surface area (Å²) in [6, 6.07) is 2.81. The van der Waals surface area contributed by atoms with E-state index < -0.39 is 24.5 Å². The molecule has 1 aliphatic heterocycles. The van der Waals surface area contributed by atoms with E-state index in [0.717, 1.165) is 12.8 Å². The van der Waals surface area contributed by atoms with Crippen LogP contribution in [0.3, 0.4) is 0 Å². The topological polar surface area (TPSA) is 114 Å². The van der Waals surface area contributed by atoms with Crippen molar-refractivity contribution in [1.82, 2.24) is 4.90 Å². The lowest BCUT2D eigenvalue weighted by Crippen LogP contribution is -2.51. The van der Waals surface area contributed by atoms with Gasteiger partial charge in [0, 0.05) is 24.8 Å². The predicted molar refractivity (Wildman–Crippen MR) is 103 cm³/mol. The number of nitrogens with zero attached hydrogens (tertiary/aromatic N) is 2. The molecule has 1 aromatic rings. The number of rotatable bonds is 9. The third-order valence-corrected chi connectivity index (χ3v) is 4.94. The molecule has 3 N–H and O–H groups in total. The maximum atomic E-state index is 12.9. The van der Waals surface area contributed by atoms with Crippen LogP contribution in [0.2, 0.25) is 0 Å². The molecule has 1 aliphatic carbocycles. The van der Waals surface area contributed by atoms with Gasteiger partial charge in [0.05, 0.1) is 12.3 Å². The van der Waals surface area contributed by atoms with Crippen LogP contribution >= 0.6 is 0 Å². The second-order valence-electron chi connectivity index (χ2n) is 7.33. The van der Waals surface area contributed by atoms with E-state index in [2.05, 4.69) is 10.1 Å². The molecule has 2 aliphatic rings. The van der Waals surface area contributed by atoms with Crippen LogP contribution in [-0.2, 0) is 19.1 Å². The highest BCUT2D eigenvalue weighted by molar-refractivity contribution is 6.10. The maximum Gasteiger partial charge on any atom is 0.387 e. The Morgan fingerprint density at radius 3 is 2.73 bits per heavy atom. The quantitative estimate of drug-likeness (QED) is 0.565. The number of alkyl halides is 2. The number of benzene rings is 1. The molecule has 0 bridgehead atoms. The fourth-order valence-corrected chi connectivity index (χ4v) is 3.33. The van der Waals surface area contributed by atoms with Crippen molar-refractivity contribution < 1.29 is 32.6 Å². The zero-order valence-electron chi connectivity index (χ0n) is 16.5. The third-order valence-electron chi connectivity index (χ3n) is 4.94. The van der Waals surface area contributed by atoms with Crippen molar-refractivity contribution in [2.45, 2.75) is 25.5 Å². The van der Waals surface area contributed by atoms with Crippen molar-refractivity contribution >= 4 is 29.1 Å². The molecule has 1 heterocycles. The van der Waals surface area contributed by atoms with Crippen molar-refractivity contribution in [3.63, 3.8) is 0 Å². The van der Waals surface area contributed by atoms with E-state index in [9.17, 15) is 23.2 Å². The van der Waals surface area contributed by atoms with Gasteiger partial charge in [0.25, 0.3) is 11.8 Å². The number of nitrogens with one attached hydrogen (secondary N) is 1. The van der Waals surface area contributed by atoms with E-state index in [1.165, 1.54) is 23.1 Å². The highest BCUT2D eigenvalue weighted by atomic mass is 19.3. The van der Waals surface area contributed by atoms with E-state index in [4.69, 9.17) is 10.5 Å². The normalized spacial score (nSPS) is 17.9. The smallest absolute Gasteiger partial charge is 0.387 e. The summed E-state index contributed by atoms with van der Waals surface area (Å²) < 4.78 is 35.5.